The highest BCUT2D eigenvalue weighted by molar-refractivity contribution is 5.97. The van der Waals surface area contributed by atoms with Crippen LogP contribution >= 0.6 is 0 Å². The van der Waals surface area contributed by atoms with Gasteiger partial charge in [0, 0.05) is 13.1 Å². The molecule has 0 fully saturated rings. The Balaban J connectivity index is 2.12. The number of carbonyl (C=O) groups is 2. The predicted molar refractivity (Wildman–Crippen MR) is 66.6 cm³/mol. The zero-order valence-corrected chi connectivity index (χ0v) is 10.6. The lowest BCUT2D eigenvalue weighted by Gasteiger charge is -2.12. The average Bonchev–Trinajstić information content (AvgIpc) is 2.50. The van der Waals surface area contributed by atoms with Crippen LogP contribution in [0.5, 0.6) is 11.5 Å². The van der Waals surface area contributed by atoms with Crippen LogP contribution in [0, 0.1) is 0 Å². The van der Waals surface area contributed by atoms with E-state index in [0.717, 1.165) is 0 Å². The number of benzene rings is 1. The lowest BCUT2D eigenvalue weighted by molar-refractivity contribution is -0.137. The van der Waals surface area contributed by atoms with Crippen molar-refractivity contribution in [2.45, 2.75) is 6.42 Å². The number of carbonyl (C=O) groups excluding carboxylic acids is 1. The second kappa shape index (κ2) is 5.60. The van der Waals surface area contributed by atoms with Crippen molar-refractivity contribution in [3.8, 4) is 11.5 Å². The van der Waals surface area contributed by atoms with Crippen molar-refractivity contribution < 1.29 is 24.2 Å². The molecule has 1 heterocycles. The quantitative estimate of drug-likeness (QED) is 0.879. The molecule has 6 nitrogen and oxygen atoms in total. The second-order valence-corrected chi connectivity index (χ2v) is 4.23. The zero-order chi connectivity index (χ0) is 13.8. The second-order valence-electron chi connectivity index (χ2n) is 4.23. The minimum atomic E-state index is -0.914. The van der Waals surface area contributed by atoms with Gasteiger partial charge in [-0.25, -0.2) is 0 Å². The largest absolute Gasteiger partial charge is 0.493 e. The molecule has 0 aliphatic carbocycles. The summed E-state index contributed by atoms with van der Waals surface area (Å²) in [5.74, 6) is -0.0353. The molecule has 1 amide bonds. The molecule has 1 N–H and O–H groups in total. The van der Waals surface area contributed by atoms with Crippen LogP contribution in [0.2, 0.25) is 0 Å². The summed E-state index contributed by atoms with van der Waals surface area (Å²) in [5, 5.41) is 8.53. The smallest absolute Gasteiger partial charge is 0.306 e. The lowest BCUT2D eigenvalue weighted by Crippen LogP contribution is -2.27. The summed E-state index contributed by atoms with van der Waals surface area (Å²) in [5.41, 5.74) is 0.491. The van der Waals surface area contributed by atoms with Crippen LogP contribution in [0.4, 0.5) is 0 Å². The van der Waals surface area contributed by atoms with Crippen molar-refractivity contribution in [3.05, 3.63) is 23.8 Å². The van der Waals surface area contributed by atoms with Crippen molar-refractivity contribution in [3.63, 3.8) is 0 Å². The Hall–Kier alpha value is -2.24. The van der Waals surface area contributed by atoms with E-state index in [1.807, 2.05) is 0 Å². The number of hydrogen-bond acceptors (Lipinski definition) is 4. The molecule has 1 aromatic carbocycles. The van der Waals surface area contributed by atoms with Gasteiger partial charge in [-0.05, 0) is 12.1 Å². The van der Waals surface area contributed by atoms with E-state index in [1.165, 1.54) is 0 Å². The van der Waals surface area contributed by atoms with Crippen LogP contribution in [-0.2, 0) is 4.79 Å². The fraction of sp³-hybridized carbons (Fsp3) is 0.385. The predicted octanol–water partition coefficient (Wildman–Crippen LogP) is 1.00. The van der Waals surface area contributed by atoms with Crippen molar-refractivity contribution >= 4 is 11.9 Å². The topological polar surface area (TPSA) is 76.1 Å². The fourth-order valence-electron chi connectivity index (χ4n) is 1.74. The number of carboxylic acid groups (broad SMARTS) is 1. The molecule has 0 unspecified atom stereocenters. The Morgan fingerprint density at radius 2 is 2.32 bits per heavy atom. The Morgan fingerprint density at radius 1 is 1.53 bits per heavy atom. The fourth-order valence-corrected chi connectivity index (χ4v) is 1.74. The molecule has 0 aromatic heterocycles. The number of hydrogen-bond donors (Lipinski definition) is 1. The van der Waals surface area contributed by atoms with E-state index in [1.54, 1.807) is 30.1 Å². The van der Waals surface area contributed by atoms with Gasteiger partial charge >= 0.3 is 5.97 Å². The zero-order valence-electron chi connectivity index (χ0n) is 10.6. The van der Waals surface area contributed by atoms with E-state index in [4.69, 9.17) is 14.6 Å². The van der Waals surface area contributed by atoms with Gasteiger partial charge in [0.15, 0.2) is 0 Å². The van der Waals surface area contributed by atoms with E-state index in [9.17, 15) is 9.59 Å². The van der Waals surface area contributed by atoms with E-state index < -0.39 is 5.97 Å². The highest BCUT2D eigenvalue weighted by Gasteiger charge is 2.21. The van der Waals surface area contributed by atoms with Gasteiger partial charge in [-0.3, -0.25) is 9.59 Å². The maximum Gasteiger partial charge on any atom is 0.306 e. The molecule has 0 atom stereocenters. The molecule has 0 radical (unpaired) electrons. The van der Waals surface area contributed by atoms with Crippen LogP contribution in [0.3, 0.4) is 0 Å². The Bertz CT molecular complexity index is 500. The molecular formula is C13H15NO5. The summed E-state index contributed by atoms with van der Waals surface area (Å²) in [6.07, 6.45) is -0.0698. The number of ether oxygens (including phenoxy) is 2. The van der Waals surface area contributed by atoms with Gasteiger partial charge in [0.25, 0.3) is 5.91 Å². The molecule has 0 bridgehead atoms. The van der Waals surface area contributed by atoms with Crippen molar-refractivity contribution in [1.82, 2.24) is 4.90 Å². The molecule has 6 heteroatoms. The molecule has 1 aliphatic rings. The van der Waals surface area contributed by atoms with E-state index >= 15 is 0 Å². The highest BCUT2D eigenvalue weighted by atomic mass is 16.5. The van der Waals surface area contributed by atoms with Gasteiger partial charge in [0.05, 0.1) is 25.1 Å². The van der Waals surface area contributed by atoms with Crippen molar-refractivity contribution in [2.24, 2.45) is 0 Å². The summed E-state index contributed by atoms with van der Waals surface area (Å²) >= 11 is 0. The molecule has 102 valence electrons. The average molecular weight is 265 g/mol. The normalized spacial score (nSPS) is 14.4. The molecule has 0 saturated carbocycles. The number of amides is 1. The van der Waals surface area contributed by atoms with Gasteiger partial charge in [-0.1, -0.05) is 0 Å². The van der Waals surface area contributed by atoms with Crippen LogP contribution in [0.1, 0.15) is 16.8 Å². The molecular weight excluding hydrogens is 250 g/mol. The molecule has 1 aliphatic heterocycles. The molecule has 1 aromatic rings. The first-order valence-electron chi connectivity index (χ1n) is 5.95. The summed E-state index contributed by atoms with van der Waals surface area (Å²) in [7, 11) is 1.72. The van der Waals surface area contributed by atoms with Crippen LogP contribution in [0.15, 0.2) is 18.2 Å². The summed E-state index contributed by atoms with van der Waals surface area (Å²) in [6.45, 7) is 1.04. The van der Waals surface area contributed by atoms with Gasteiger partial charge in [-0.2, -0.15) is 0 Å². The first kappa shape index (κ1) is 13.2. The Labute approximate surface area is 110 Å². The minimum Gasteiger partial charge on any atom is -0.493 e. The van der Waals surface area contributed by atoms with Crippen molar-refractivity contribution in [2.75, 3.05) is 26.8 Å². The van der Waals surface area contributed by atoms with Gasteiger partial charge in [0.1, 0.15) is 18.1 Å². The van der Waals surface area contributed by atoms with E-state index in [2.05, 4.69) is 0 Å². The Kier molecular flexibility index (Phi) is 3.89. The van der Waals surface area contributed by atoms with Gasteiger partial charge in [-0.15, -0.1) is 0 Å². The first-order chi connectivity index (χ1) is 9.08. The molecule has 0 spiro atoms. The lowest BCUT2D eigenvalue weighted by atomic mass is 10.1. The molecule has 2 rings (SSSR count). The van der Waals surface area contributed by atoms with Crippen LogP contribution in [-0.4, -0.2) is 48.7 Å². The van der Waals surface area contributed by atoms with Gasteiger partial charge < -0.3 is 19.5 Å². The number of fused-ring (bicyclic) bond motifs is 1. The number of carboxylic acids is 1. The van der Waals surface area contributed by atoms with Crippen molar-refractivity contribution in [1.29, 1.82) is 0 Å². The third-order valence-electron chi connectivity index (χ3n) is 2.80. The van der Waals surface area contributed by atoms with Gasteiger partial charge in [0.2, 0.25) is 0 Å². The maximum absolute atomic E-state index is 12.0. The van der Waals surface area contributed by atoms with Crippen LogP contribution < -0.4 is 9.47 Å². The van der Waals surface area contributed by atoms with E-state index in [-0.39, 0.29) is 18.9 Å². The monoisotopic (exact) mass is 265 g/mol. The summed E-state index contributed by atoms with van der Waals surface area (Å²) in [4.78, 5) is 24.0. The molecule has 0 saturated heterocycles. The standard InChI is InChI=1S/C13H15NO5/c1-14-5-7-19-11-8-9(18-6-4-12(15)16)2-3-10(11)13(14)17/h2-3,8H,4-7H2,1H3,(H,15,16). The maximum atomic E-state index is 12.0. The first-order valence-corrected chi connectivity index (χ1v) is 5.95. The summed E-state index contributed by atoms with van der Waals surface area (Å²) < 4.78 is 10.8. The third-order valence-corrected chi connectivity index (χ3v) is 2.80. The van der Waals surface area contributed by atoms with Crippen LogP contribution in [0.25, 0.3) is 0 Å². The third kappa shape index (κ3) is 3.15. The SMILES string of the molecule is CN1CCOc2cc(OCCC(=O)O)ccc2C1=O. The summed E-state index contributed by atoms with van der Waals surface area (Å²) in [6, 6.07) is 4.89. The highest BCUT2D eigenvalue weighted by Crippen LogP contribution is 2.27. The number of nitrogens with zero attached hydrogens (tertiary/aromatic N) is 1. The van der Waals surface area contributed by atoms with E-state index in [0.29, 0.717) is 30.2 Å². The number of rotatable bonds is 4. The Morgan fingerprint density at radius 3 is 3.05 bits per heavy atom. The number of likely N-dealkylation sites (N-methyl/N-ethyl adjacent to an activating group) is 1. The molecule has 19 heavy (non-hydrogen) atoms. The minimum absolute atomic E-state index is 0.0698. The number of aliphatic carboxylic acids is 1.